The Hall–Kier alpha value is -1.03. The quantitative estimate of drug-likeness (QED) is 0.831. The lowest BCUT2D eigenvalue weighted by atomic mass is 10.2. The summed E-state index contributed by atoms with van der Waals surface area (Å²) in [4.78, 5) is 14.1. The van der Waals surface area contributed by atoms with Gasteiger partial charge in [0.25, 0.3) is 5.91 Å². The van der Waals surface area contributed by atoms with Gasteiger partial charge < -0.3 is 5.32 Å². The molecule has 2 nitrogen and oxygen atoms in total. The average Bonchev–Trinajstić information content (AvgIpc) is 2.75. The number of benzene rings is 1. The summed E-state index contributed by atoms with van der Waals surface area (Å²) in [5, 5.41) is 3.64. The standard InChI is InChI=1S/C14H13Cl2NOS/c1-3-11-8(2)7-12(19-11)14(18)17-13-9(15)5-4-6-10(13)16/h4-7H,3H2,1-2H3,(H,17,18). The second-order valence-corrected chi connectivity index (χ2v) is 6.07. The number of rotatable bonds is 3. The van der Waals surface area contributed by atoms with Gasteiger partial charge in [-0.25, -0.2) is 0 Å². The van der Waals surface area contributed by atoms with Gasteiger partial charge in [-0.3, -0.25) is 4.79 Å². The molecule has 1 heterocycles. The van der Waals surface area contributed by atoms with Crippen molar-refractivity contribution >= 4 is 46.1 Å². The highest BCUT2D eigenvalue weighted by atomic mass is 35.5. The molecule has 19 heavy (non-hydrogen) atoms. The first kappa shape index (κ1) is 14.4. The molecule has 0 spiro atoms. The first-order valence-corrected chi connectivity index (χ1v) is 7.44. The predicted octanol–water partition coefficient (Wildman–Crippen LogP) is 5.18. The van der Waals surface area contributed by atoms with Gasteiger partial charge in [0.1, 0.15) is 0 Å². The molecule has 0 aliphatic heterocycles. The average molecular weight is 314 g/mol. The Morgan fingerprint density at radius 2 is 1.95 bits per heavy atom. The van der Waals surface area contributed by atoms with Crippen LogP contribution in [0.5, 0.6) is 0 Å². The molecule has 0 aliphatic rings. The second-order valence-electron chi connectivity index (χ2n) is 4.12. The van der Waals surface area contributed by atoms with Gasteiger partial charge in [0, 0.05) is 4.88 Å². The molecular weight excluding hydrogens is 301 g/mol. The number of para-hydroxylation sites is 1. The Balaban J connectivity index is 2.25. The van der Waals surface area contributed by atoms with Crippen molar-refractivity contribution in [2.45, 2.75) is 20.3 Å². The molecule has 5 heteroatoms. The van der Waals surface area contributed by atoms with E-state index in [1.54, 1.807) is 18.2 Å². The molecule has 1 aromatic carbocycles. The van der Waals surface area contributed by atoms with E-state index in [-0.39, 0.29) is 5.91 Å². The molecule has 0 bridgehead atoms. The van der Waals surface area contributed by atoms with Crippen LogP contribution in [-0.4, -0.2) is 5.91 Å². The van der Waals surface area contributed by atoms with Crippen LogP contribution in [0.15, 0.2) is 24.3 Å². The summed E-state index contributed by atoms with van der Waals surface area (Å²) in [5.74, 6) is -0.178. The van der Waals surface area contributed by atoms with Crippen LogP contribution < -0.4 is 5.32 Å². The number of nitrogens with one attached hydrogen (secondary N) is 1. The molecule has 100 valence electrons. The number of amides is 1. The molecule has 0 unspecified atom stereocenters. The third-order valence-electron chi connectivity index (χ3n) is 2.77. The highest BCUT2D eigenvalue weighted by molar-refractivity contribution is 7.14. The Labute approximate surface area is 126 Å². The number of thiophene rings is 1. The number of carbonyl (C=O) groups is 1. The molecule has 2 rings (SSSR count). The molecule has 0 atom stereocenters. The summed E-state index contributed by atoms with van der Waals surface area (Å²) >= 11 is 13.6. The molecule has 0 fully saturated rings. The number of hydrogen-bond donors (Lipinski definition) is 1. The van der Waals surface area contributed by atoms with Gasteiger partial charge in [-0.05, 0) is 37.1 Å². The molecular formula is C14H13Cl2NOS. The third kappa shape index (κ3) is 3.11. The number of halogens is 2. The number of anilines is 1. The summed E-state index contributed by atoms with van der Waals surface area (Å²) < 4.78 is 0. The fourth-order valence-corrected chi connectivity index (χ4v) is 3.28. The van der Waals surface area contributed by atoms with Gasteiger partial charge in [0.2, 0.25) is 0 Å². The van der Waals surface area contributed by atoms with Crippen molar-refractivity contribution in [2.75, 3.05) is 5.32 Å². The predicted molar refractivity (Wildman–Crippen MR) is 82.8 cm³/mol. The number of hydrogen-bond acceptors (Lipinski definition) is 2. The van der Waals surface area contributed by atoms with Crippen molar-refractivity contribution in [2.24, 2.45) is 0 Å². The summed E-state index contributed by atoms with van der Waals surface area (Å²) in [6.45, 7) is 4.08. The van der Waals surface area contributed by atoms with Gasteiger partial charge >= 0.3 is 0 Å². The fourth-order valence-electron chi connectivity index (χ4n) is 1.78. The normalized spacial score (nSPS) is 10.5. The minimum atomic E-state index is -0.178. The molecule has 1 aromatic heterocycles. The lowest BCUT2D eigenvalue weighted by molar-refractivity contribution is 0.103. The maximum absolute atomic E-state index is 12.2. The summed E-state index contributed by atoms with van der Waals surface area (Å²) in [5.41, 5.74) is 1.60. The van der Waals surface area contributed by atoms with Gasteiger partial charge in [0.05, 0.1) is 20.6 Å². The van der Waals surface area contributed by atoms with Crippen LogP contribution in [0, 0.1) is 6.92 Å². The van der Waals surface area contributed by atoms with Crippen LogP contribution >= 0.6 is 34.5 Å². The van der Waals surface area contributed by atoms with Gasteiger partial charge in [-0.1, -0.05) is 36.2 Å². The maximum atomic E-state index is 12.2. The van der Waals surface area contributed by atoms with Gasteiger partial charge in [-0.2, -0.15) is 0 Å². The zero-order valence-corrected chi connectivity index (χ0v) is 12.9. The highest BCUT2D eigenvalue weighted by Crippen LogP contribution is 2.31. The summed E-state index contributed by atoms with van der Waals surface area (Å²) in [6.07, 6.45) is 0.927. The Kier molecular flexibility index (Phi) is 4.50. The number of carbonyl (C=O) groups excluding carboxylic acids is 1. The maximum Gasteiger partial charge on any atom is 0.265 e. The lowest BCUT2D eigenvalue weighted by Crippen LogP contribution is -2.10. The van der Waals surface area contributed by atoms with E-state index in [9.17, 15) is 4.79 Å². The highest BCUT2D eigenvalue weighted by Gasteiger charge is 2.14. The molecule has 2 aromatic rings. The Morgan fingerprint density at radius 3 is 2.47 bits per heavy atom. The summed E-state index contributed by atoms with van der Waals surface area (Å²) in [7, 11) is 0. The van der Waals surface area contributed by atoms with E-state index in [0.29, 0.717) is 20.6 Å². The molecule has 0 saturated heterocycles. The first-order valence-electron chi connectivity index (χ1n) is 5.87. The topological polar surface area (TPSA) is 29.1 Å². The second kappa shape index (κ2) is 5.95. The fraction of sp³-hybridized carbons (Fsp3) is 0.214. The van der Waals surface area contributed by atoms with Crippen molar-refractivity contribution in [1.82, 2.24) is 0 Å². The number of aryl methyl sites for hydroxylation is 2. The zero-order chi connectivity index (χ0) is 14.0. The molecule has 0 aliphatic carbocycles. The lowest BCUT2D eigenvalue weighted by Gasteiger charge is -2.07. The van der Waals surface area contributed by atoms with Crippen molar-refractivity contribution in [3.63, 3.8) is 0 Å². The van der Waals surface area contributed by atoms with E-state index in [4.69, 9.17) is 23.2 Å². The van der Waals surface area contributed by atoms with Crippen molar-refractivity contribution in [3.8, 4) is 0 Å². The van der Waals surface area contributed by atoms with Crippen LogP contribution in [0.4, 0.5) is 5.69 Å². The Morgan fingerprint density at radius 1 is 1.32 bits per heavy atom. The van der Waals surface area contributed by atoms with Crippen LogP contribution in [-0.2, 0) is 6.42 Å². The molecule has 1 amide bonds. The van der Waals surface area contributed by atoms with E-state index < -0.39 is 0 Å². The van der Waals surface area contributed by atoms with E-state index in [0.717, 1.165) is 12.0 Å². The Bertz CT molecular complexity index is 602. The van der Waals surface area contributed by atoms with Gasteiger partial charge in [0.15, 0.2) is 0 Å². The van der Waals surface area contributed by atoms with Gasteiger partial charge in [-0.15, -0.1) is 11.3 Å². The first-order chi connectivity index (χ1) is 9.02. The van der Waals surface area contributed by atoms with Crippen molar-refractivity contribution < 1.29 is 4.79 Å². The van der Waals surface area contributed by atoms with E-state index in [1.807, 2.05) is 13.0 Å². The van der Waals surface area contributed by atoms with Crippen LogP contribution in [0.3, 0.4) is 0 Å². The van der Waals surface area contributed by atoms with Crippen LogP contribution in [0.1, 0.15) is 27.0 Å². The van der Waals surface area contributed by atoms with E-state index >= 15 is 0 Å². The molecule has 1 N–H and O–H groups in total. The molecule has 0 radical (unpaired) electrons. The largest absolute Gasteiger partial charge is 0.319 e. The molecule has 0 saturated carbocycles. The third-order valence-corrected chi connectivity index (χ3v) is 4.78. The van der Waals surface area contributed by atoms with Crippen LogP contribution in [0.2, 0.25) is 10.0 Å². The monoisotopic (exact) mass is 313 g/mol. The van der Waals surface area contributed by atoms with Crippen molar-refractivity contribution in [3.05, 3.63) is 49.6 Å². The smallest absolute Gasteiger partial charge is 0.265 e. The van der Waals surface area contributed by atoms with E-state index in [2.05, 4.69) is 12.2 Å². The van der Waals surface area contributed by atoms with Crippen LogP contribution in [0.25, 0.3) is 0 Å². The zero-order valence-electron chi connectivity index (χ0n) is 10.6. The minimum absolute atomic E-state index is 0.178. The van der Waals surface area contributed by atoms with E-state index in [1.165, 1.54) is 16.2 Å². The SMILES string of the molecule is CCc1sc(C(=O)Nc2c(Cl)cccc2Cl)cc1C. The van der Waals surface area contributed by atoms with Crippen molar-refractivity contribution in [1.29, 1.82) is 0 Å². The minimum Gasteiger partial charge on any atom is -0.319 e. The summed E-state index contributed by atoms with van der Waals surface area (Å²) in [6, 6.07) is 7.02.